The summed E-state index contributed by atoms with van der Waals surface area (Å²) in [6.07, 6.45) is 0.111. The molecule has 1 saturated heterocycles. The Morgan fingerprint density at radius 2 is 1.88 bits per heavy atom. The average molecular weight is 476 g/mol. The number of rotatable bonds is 8. The quantitative estimate of drug-likeness (QED) is 0.492. The van der Waals surface area contributed by atoms with Crippen LogP contribution in [0.15, 0.2) is 43.0 Å². The minimum Gasteiger partial charge on any atom is -0.479 e. The van der Waals surface area contributed by atoms with Crippen molar-refractivity contribution in [1.29, 1.82) is 0 Å². The number of nitrogens with one attached hydrogen (secondary N) is 2. The van der Waals surface area contributed by atoms with E-state index in [9.17, 15) is 24.3 Å². The van der Waals surface area contributed by atoms with Gasteiger partial charge in [-0.2, -0.15) is 0 Å². The van der Waals surface area contributed by atoms with E-state index in [0.717, 1.165) is 5.56 Å². The largest absolute Gasteiger partial charge is 0.479 e. The highest BCUT2D eigenvalue weighted by Gasteiger charge is 2.55. The molecule has 0 bridgehead atoms. The summed E-state index contributed by atoms with van der Waals surface area (Å²) in [5.41, 5.74) is -1.80. The van der Waals surface area contributed by atoms with E-state index in [1.807, 2.05) is 18.2 Å². The van der Waals surface area contributed by atoms with Crippen LogP contribution in [-0.2, 0) is 25.7 Å². The summed E-state index contributed by atoms with van der Waals surface area (Å²) in [6, 6.07) is 8.10. The maximum Gasteiger partial charge on any atom is 0.408 e. The maximum atomic E-state index is 13.0. The second-order valence-electron chi connectivity index (χ2n) is 9.27. The lowest BCUT2D eigenvalue weighted by Gasteiger charge is -2.32. The topological polar surface area (TPSA) is 134 Å². The highest BCUT2D eigenvalue weighted by Crippen LogP contribution is 2.32. The van der Waals surface area contributed by atoms with Gasteiger partial charge in [0.25, 0.3) is 0 Å². The van der Waals surface area contributed by atoms with E-state index in [0.29, 0.717) is 0 Å². The van der Waals surface area contributed by atoms with E-state index < -0.39 is 47.2 Å². The predicted molar refractivity (Wildman–Crippen MR) is 124 cm³/mol. The smallest absolute Gasteiger partial charge is 0.408 e. The number of allylic oxidation sites excluding steroid dienone is 1. The molecule has 0 saturated carbocycles. The van der Waals surface area contributed by atoms with Crippen molar-refractivity contribution in [2.45, 2.75) is 57.9 Å². The molecule has 1 aliphatic heterocycles. The third kappa shape index (κ3) is 6.97. The van der Waals surface area contributed by atoms with Gasteiger partial charge in [0.1, 0.15) is 18.2 Å². The molecule has 10 nitrogen and oxygen atoms in total. The molecule has 186 valence electrons. The zero-order valence-electron chi connectivity index (χ0n) is 20.0. The first-order valence-corrected chi connectivity index (χ1v) is 11.0. The van der Waals surface area contributed by atoms with E-state index in [1.54, 1.807) is 32.9 Å². The lowest BCUT2D eigenvalue weighted by molar-refractivity contribution is -0.146. The lowest BCUT2D eigenvalue weighted by Crippen LogP contribution is -2.61. The van der Waals surface area contributed by atoms with Crippen molar-refractivity contribution in [3.63, 3.8) is 0 Å². The fourth-order valence-electron chi connectivity index (χ4n) is 3.76. The summed E-state index contributed by atoms with van der Waals surface area (Å²) < 4.78 is 10.4. The summed E-state index contributed by atoms with van der Waals surface area (Å²) in [5, 5.41) is 15.0. The molecule has 0 radical (unpaired) electrons. The number of alkyl carbamates (subject to hydrolysis) is 2. The summed E-state index contributed by atoms with van der Waals surface area (Å²) in [4.78, 5) is 51.2. The maximum absolute atomic E-state index is 13.0. The minimum atomic E-state index is -1.76. The highest BCUT2D eigenvalue weighted by atomic mass is 16.6. The molecule has 34 heavy (non-hydrogen) atoms. The van der Waals surface area contributed by atoms with Gasteiger partial charge in [-0.1, -0.05) is 36.4 Å². The fraction of sp³-hybridized carbons (Fsp3) is 0.500. The van der Waals surface area contributed by atoms with Gasteiger partial charge in [-0.25, -0.2) is 14.4 Å². The first kappa shape index (κ1) is 26.7. The average Bonchev–Trinajstić information content (AvgIpc) is 3.10. The standard InChI is InChI=1S/C24H33N3O7/c1-6-10-18-13-27(15-24(18,20(29)30)26-22(32)34-23(3,4)5)19(28)16(2)25-21(31)33-14-17-11-8-7-9-12-17/h6-9,11-12,16,18H,1,10,13-15H2,2-5H3,(H,25,31)(H,26,32)(H,29,30)/t16-,18-,24-/m0/s1. The van der Waals surface area contributed by atoms with Crippen LogP contribution in [0.5, 0.6) is 0 Å². The van der Waals surface area contributed by atoms with Gasteiger partial charge >= 0.3 is 18.2 Å². The summed E-state index contributed by atoms with van der Waals surface area (Å²) in [5.74, 6) is -2.43. The van der Waals surface area contributed by atoms with Gasteiger partial charge < -0.3 is 30.1 Å². The molecule has 3 N–H and O–H groups in total. The number of carboxylic acid groups (broad SMARTS) is 1. The molecule has 0 aromatic heterocycles. The number of ether oxygens (including phenoxy) is 2. The number of nitrogens with zero attached hydrogens (tertiary/aromatic N) is 1. The molecule has 1 fully saturated rings. The van der Waals surface area contributed by atoms with Crippen molar-refractivity contribution in [2.75, 3.05) is 13.1 Å². The van der Waals surface area contributed by atoms with Crippen molar-refractivity contribution in [3.8, 4) is 0 Å². The Kier molecular flexibility index (Phi) is 8.67. The molecule has 1 aromatic carbocycles. The third-order valence-electron chi connectivity index (χ3n) is 5.36. The SMILES string of the molecule is C=CC[C@H]1CN(C(=O)[C@H](C)NC(=O)OCc2ccccc2)C[C@@]1(NC(=O)OC(C)(C)C)C(=O)O. The molecule has 0 spiro atoms. The van der Waals surface area contributed by atoms with E-state index in [-0.39, 0.29) is 26.1 Å². The van der Waals surface area contributed by atoms with Crippen LogP contribution in [0.4, 0.5) is 9.59 Å². The monoisotopic (exact) mass is 475 g/mol. The molecule has 2 rings (SSSR count). The normalized spacial score (nSPS) is 20.7. The Morgan fingerprint density at radius 1 is 1.24 bits per heavy atom. The first-order valence-electron chi connectivity index (χ1n) is 11.0. The molecule has 1 aliphatic rings. The van der Waals surface area contributed by atoms with E-state index in [4.69, 9.17) is 9.47 Å². The van der Waals surface area contributed by atoms with Crippen LogP contribution >= 0.6 is 0 Å². The van der Waals surface area contributed by atoms with Gasteiger partial charge in [-0.05, 0) is 39.7 Å². The van der Waals surface area contributed by atoms with Crippen LogP contribution in [0.1, 0.15) is 39.7 Å². The van der Waals surface area contributed by atoms with Crippen LogP contribution in [0.3, 0.4) is 0 Å². The number of amides is 3. The highest BCUT2D eigenvalue weighted by molar-refractivity contribution is 5.90. The van der Waals surface area contributed by atoms with Crippen molar-refractivity contribution >= 4 is 24.1 Å². The van der Waals surface area contributed by atoms with Crippen LogP contribution < -0.4 is 10.6 Å². The Hall–Kier alpha value is -3.56. The van der Waals surface area contributed by atoms with Gasteiger partial charge in [-0.15, -0.1) is 6.58 Å². The van der Waals surface area contributed by atoms with Crippen LogP contribution in [0.2, 0.25) is 0 Å². The molecular formula is C24H33N3O7. The van der Waals surface area contributed by atoms with Gasteiger partial charge in [0, 0.05) is 12.5 Å². The first-order chi connectivity index (χ1) is 15.9. The number of carboxylic acids is 1. The molecule has 3 amide bonds. The molecule has 3 atom stereocenters. The van der Waals surface area contributed by atoms with Gasteiger partial charge in [-0.3, -0.25) is 4.79 Å². The number of hydrogen-bond donors (Lipinski definition) is 3. The van der Waals surface area contributed by atoms with Crippen LogP contribution in [0, 0.1) is 5.92 Å². The predicted octanol–water partition coefficient (Wildman–Crippen LogP) is 2.68. The molecule has 1 heterocycles. The Balaban J connectivity index is 2.08. The van der Waals surface area contributed by atoms with Gasteiger partial charge in [0.05, 0.1) is 6.54 Å². The van der Waals surface area contributed by atoms with E-state index >= 15 is 0 Å². The summed E-state index contributed by atoms with van der Waals surface area (Å²) >= 11 is 0. The van der Waals surface area contributed by atoms with E-state index in [1.165, 1.54) is 17.9 Å². The van der Waals surface area contributed by atoms with Crippen molar-refractivity contribution < 1.29 is 33.8 Å². The second kappa shape index (κ2) is 11.0. The molecule has 1 aromatic rings. The number of carbonyl (C=O) groups excluding carboxylic acids is 3. The number of likely N-dealkylation sites (tertiary alicyclic amines) is 1. The molecule has 10 heteroatoms. The second-order valence-corrected chi connectivity index (χ2v) is 9.27. The molecule has 0 unspecified atom stereocenters. The van der Waals surface area contributed by atoms with Crippen molar-refractivity contribution in [1.82, 2.24) is 15.5 Å². The zero-order chi connectivity index (χ0) is 25.5. The summed E-state index contributed by atoms with van der Waals surface area (Å²) in [6.45, 7) is 9.94. The van der Waals surface area contributed by atoms with Crippen molar-refractivity contribution in [2.24, 2.45) is 5.92 Å². The Morgan fingerprint density at radius 3 is 2.44 bits per heavy atom. The minimum absolute atomic E-state index is 0.0423. The number of hydrogen-bond acceptors (Lipinski definition) is 6. The Labute approximate surface area is 199 Å². The third-order valence-corrected chi connectivity index (χ3v) is 5.36. The number of benzene rings is 1. The van der Waals surface area contributed by atoms with Crippen LogP contribution in [0.25, 0.3) is 0 Å². The fourth-order valence-corrected chi connectivity index (χ4v) is 3.76. The Bertz CT molecular complexity index is 913. The van der Waals surface area contributed by atoms with Gasteiger partial charge in [0.2, 0.25) is 5.91 Å². The summed E-state index contributed by atoms with van der Waals surface area (Å²) in [7, 11) is 0. The van der Waals surface area contributed by atoms with E-state index in [2.05, 4.69) is 17.2 Å². The molecular weight excluding hydrogens is 442 g/mol. The van der Waals surface area contributed by atoms with Crippen molar-refractivity contribution in [3.05, 3.63) is 48.6 Å². The molecule has 0 aliphatic carbocycles. The van der Waals surface area contributed by atoms with Crippen LogP contribution in [-0.4, -0.2) is 64.3 Å². The zero-order valence-corrected chi connectivity index (χ0v) is 20.0. The van der Waals surface area contributed by atoms with Gasteiger partial charge in [0.15, 0.2) is 5.54 Å². The lowest BCUT2D eigenvalue weighted by atomic mass is 9.85. The number of carbonyl (C=O) groups is 4. The number of aliphatic carboxylic acids is 1.